The number of aryl methyl sites for hydroxylation is 2. The summed E-state index contributed by atoms with van der Waals surface area (Å²) in [5.74, 6) is 2.97. The summed E-state index contributed by atoms with van der Waals surface area (Å²) in [6, 6.07) is 36.9. The van der Waals surface area contributed by atoms with Crippen LogP contribution >= 0.6 is 0 Å². The van der Waals surface area contributed by atoms with Crippen LogP contribution in [0.4, 0.5) is 0 Å². The van der Waals surface area contributed by atoms with Gasteiger partial charge in [-0.05, 0) is 120 Å². The fourth-order valence-electron chi connectivity index (χ4n) is 6.59. The minimum absolute atomic E-state index is 0.0585. The highest BCUT2D eigenvalue weighted by Gasteiger charge is 2.37. The molecule has 0 radical (unpaired) electrons. The molecular formula is C44H37BN4O2. The molecule has 4 aromatic carbocycles. The van der Waals surface area contributed by atoms with Crippen LogP contribution in [0.25, 0.3) is 33.6 Å². The molecule has 0 unspecified atom stereocenters. The highest BCUT2D eigenvalue weighted by molar-refractivity contribution is 6.98. The number of pyridine rings is 2. The molecule has 3 aromatic heterocycles. The van der Waals surface area contributed by atoms with E-state index in [9.17, 15) is 0 Å². The molecule has 1 aliphatic heterocycles. The Kier molecular flexibility index (Phi) is 8.19. The second kappa shape index (κ2) is 13.0. The van der Waals surface area contributed by atoms with Crippen molar-refractivity contribution in [3.8, 4) is 56.6 Å². The Labute approximate surface area is 299 Å². The van der Waals surface area contributed by atoms with Gasteiger partial charge < -0.3 is 9.47 Å². The number of hydrogen-bond donors (Lipinski definition) is 0. The Morgan fingerprint density at radius 1 is 0.510 bits per heavy atom. The van der Waals surface area contributed by atoms with Crippen LogP contribution < -0.4 is 26.1 Å². The third-order valence-corrected chi connectivity index (χ3v) is 9.32. The van der Waals surface area contributed by atoms with Crippen LogP contribution in [0.3, 0.4) is 0 Å². The van der Waals surface area contributed by atoms with Gasteiger partial charge in [-0.2, -0.15) is 0 Å². The smallest absolute Gasteiger partial charge is 0.291 e. The van der Waals surface area contributed by atoms with E-state index in [2.05, 4.69) is 93.1 Å². The number of aromatic nitrogens is 4. The Morgan fingerprint density at radius 2 is 0.980 bits per heavy atom. The van der Waals surface area contributed by atoms with Gasteiger partial charge in [0.1, 0.15) is 23.0 Å². The first-order valence-corrected chi connectivity index (χ1v) is 17.2. The maximum absolute atomic E-state index is 6.50. The van der Waals surface area contributed by atoms with Crippen LogP contribution in [0.1, 0.15) is 37.5 Å². The molecule has 0 amide bonds. The van der Waals surface area contributed by atoms with Crippen molar-refractivity contribution in [1.82, 2.24) is 19.9 Å². The molecule has 51 heavy (non-hydrogen) atoms. The highest BCUT2D eigenvalue weighted by Crippen LogP contribution is 2.33. The first kappa shape index (κ1) is 32.1. The summed E-state index contributed by atoms with van der Waals surface area (Å²) in [6.07, 6.45) is 7.58. The van der Waals surface area contributed by atoms with Crippen molar-refractivity contribution in [2.45, 2.75) is 40.0 Å². The molecule has 0 bridgehead atoms. The van der Waals surface area contributed by atoms with Crippen molar-refractivity contribution in [3.63, 3.8) is 0 Å². The number of fused-ring (bicyclic) bond motifs is 3. The molecule has 0 spiro atoms. The van der Waals surface area contributed by atoms with Crippen LogP contribution in [-0.2, 0) is 5.41 Å². The Hall–Kier alpha value is -6.08. The molecule has 1 aliphatic rings. The van der Waals surface area contributed by atoms with Gasteiger partial charge in [-0.3, -0.25) is 19.9 Å². The van der Waals surface area contributed by atoms with Gasteiger partial charge in [0.2, 0.25) is 0 Å². The summed E-state index contributed by atoms with van der Waals surface area (Å²) >= 11 is 0. The van der Waals surface area contributed by atoms with Gasteiger partial charge in [0, 0.05) is 35.9 Å². The first-order chi connectivity index (χ1) is 24.7. The molecule has 0 N–H and O–H groups in total. The SMILES string of the molecule is Cc1ccnc(-c2cccc(Oc3ccc4c(c3)B(c3ncc(C(C)(C)C)cn3)c3cc(Oc5cccc(-c6cc(C)ccn6)c5)ccc3-4)c2)c1. The molecule has 0 saturated heterocycles. The topological polar surface area (TPSA) is 70.0 Å². The van der Waals surface area contributed by atoms with Crippen LogP contribution in [-0.4, -0.2) is 26.6 Å². The van der Waals surface area contributed by atoms with Gasteiger partial charge in [0.25, 0.3) is 6.71 Å². The number of benzene rings is 4. The molecule has 0 atom stereocenters. The fourth-order valence-corrected chi connectivity index (χ4v) is 6.59. The minimum atomic E-state index is -0.207. The summed E-state index contributed by atoms with van der Waals surface area (Å²) in [6.45, 7) is 10.5. The Bertz CT molecular complexity index is 2260. The van der Waals surface area contributed by atoms with E-state index in [1.165, 1.54) is 0 Å². The van der Waals surface area contributed by atoms with E-state index in [1.54, 1.807) is 0 Å². The van der Waals surface area contributed by atoms with Gasteiger partial charge in [0.15, 0.2) is 0 Å². The minimum Gasteiger partial charge on any atom is -0.457 e. The average molecular weight is 665 g/mol. The average Bonchev–Trinajstić information content (AvgIpc) is 3.44. The van der Waals surface area contributed by atoms with Crippen molar-refractivity contribution < 1.29 is 9.47 Å². The molecule has 0 saturated carbocycles. The largest absolute Gasteiger partial charge is 0.457 e. The zero-order valence-corrected chi connectivity index (χ0v) is 29.4. The first-order valence-electron chi connectivity index (χ1n) is 17.2. The molecule has 4 heterocycles. The fraction of sp³-hybridized carbons (Fsp3) is 0.136. The van der Waals surface area contributed by atoms with Crippen LogP contribution in [0, 0.1) is 13.8 Å². The zero-order chi connectivity index (χ0) is 35.1. The predicted octanol–water partition coefficient (Wildman–Crippen LogP) is 8.60. The lowest BCUT2D eigenvalue weighted by molar-refractivity contribution is 0.483. The van der Waals surface area contributed by atoms with Crippen LogP contribution in [0.15, 0.2) is 134 Å². The number of nitrogens with zero attached hydrogens (tertiary/aromatic N) is 4. The Morgan fingerprint density at radius 3 is 1.43 bits per heavy atom. The molecular weight excluding hydrogens is 627 g/mol. The van der Waals surface area contributed by atoms with Crippen LogP contribution in [0.5, 0.6) is 23.0 Å². The zero-order valence-electron chi connectivity index (χ0n) is 29.4. The predicted molar refractivity (Wildman–Crippen MR) is 206 cm³/mol. The molecule has 8 rings (SSSR count). The lowest BCUT2D eigenvalue weighted by Gasteiger charge is -2.19. The molecule has 7 aromatic rings. The summed E-state index contributed by atoms with van der Waals surface area (Å²) in [5.41, 5.74) is 12.4. The third kappa shape index (κ3) is 6.63. The lowest BCUT2D eigenvalue weighted by Crippen LogP contribution is -2.52. The van der Waals surface area contributed by atoms with E-state index in [4.69, 9.17) is 19.4 Å². The van der Waals surface area contributed by atoms with Crippen molar-refractivity contribution in [2.24, 2.45) is 0 Å². The summed E-state index contributed by atoms with van der Waals surface area (Å²) in [5, 5.41) is 0. The molecule has 7 heteroatoms. The maximum atomic E-state index is 6.50. The van der Waals surface area contributed by atoms with E-state index in [1.807, 2.05) is 85.5 Å². The van der Waals surface area contributed by atoms with Gasteiger partial charge in [-0.25, -0.2) is 0 Å². The summed E-state index contributed by atoms with van der Waals surface area (Å²) in [7, 11) is 0. The van der Waals surface area contributed by atoms with Crippen molar-refractivity contribution >= 4 is 23.4 Å². The standard InChI is InChI=1S/C44H37BN4O2/c1-28-16-18-46-41(20-28)30-8-6-10-33(22-30)50-35-12-14-37-38-15-13-36(51-34-11-7-9-31(23-34)42-21-29(2)17-19-47-42)25-40(38)45(39(37)24-35)43-48-26-32(27-49-43)44(3,4)5/h6-27H,1-5H3. The van der Waals surface area contributed by atoms with Gasteiger partial charge in [-0.15, -0.1) is 0 Å². The third-order valence-electron chi connectivity index (χ3n) is 9.32. The monoisotopic (exact) mass is 664 g/mol. The van der Waals surface area contributed by atoms with E-state index < -0.39 is 0 Å². The maximum Gasteiger partial charge on any atom is 0.291 e. The lowest BCUT2D eigenvalue weighted by atomic mass is 9.42. The van der Waals surface area contributed by atoms with E-state index in [0.717, 1.165) is 90.0 Å². The highest BCUT2D eigenvalue weighted by atomic mass is 16.5. The summed E-state index contributed by atoms with van der Waals surface area (Å²) in [4.78, 5) is 19.0. The van der Waals surface area contributed by atoms with Gasteiger partial charge >= 0.3 is 0 Å². The molecule has 0 aliphatic carbocycles. The Balaban J connectivity index is 1.15. The number of rotatable bonds is 7. The molecule has 6 nitrogen and oxygen atoms in total. The molecule has 0 fully saturated rings. The molecule has 248 valence electrons. The van der Waals surface area contributed by atoms with Crippen molar-refractivity contribution in [1.29, 1.82) is 0 Å². The van der Waals surface area contributed by atoms with Crippen molar-refractivity contribution in [2.75, 3.05) is 0 Å². The van der Waals surface area contributed by atoms with Gasteiger partial charge in [-0.1, -0.05) is 68.1 Å². The second-order valence-corrected chi connectivity index (χ2v) is 14.2. The van der Waals surface area contributed by atoms with Crippen molar-refractivity contribution in [3.05, 3.63) is 151 Å². The van der Waals surface area contributed by atoms with E-state index in [-0.39, 0.29) is 12.1 Å². The van der Waals surface area contributed by atoms with E-state index in [0.29, 0.717) is 0 Å². The number of ether oxygens (including phenoxy) is 2. The van der Waals surface area contributed by atoms with Crippen LogP contribution in [0.2, 0.25) is 0 Å². The normalized spacial score (nSPS) is 12.0. The number of hydrogen-bond acceptors (Lipinski definition) is 6. The second-order valence-electron chi connectivity index (χ2n) is 14.2. The summed E-state index contributed by atoms with van der Waals surface area (Å²) < 4.78 is 13.0. The van der Waals surface area contributed by atoms with Gasteiger partial charge in [0.05, 0.1) is 17.1 Å². The van der Waals surface area contributed by atoms with E-state index >= 15 is 0 Å². The quantitative estimate of drug-likeness (QED) is 0.159.